The fourth-order valence-electron chi connectivity index (χ4n) is 3.22. The highest BCUT2D eigenvalue weighted by atomic mass is 32.2. The molecule has 2 aromatic carbocycles. The Morgan fingerprint density at radius 1 is 1.00 bits per heavy atom. The highest BCUT2D eigenvalue weighted by molar-refractivity contribution is 8.18. The van der Waals surface area contributed by atoms with Crippen molar-refractivity contribution in [1.29, 1.82) is 0 Å². The third-order valence-corrected chi connectivity index (χ3v) is 5.96. The molecule has 10 heteroatoms. The lowest BCUT2D eigenvalue weighted by atomic mass is 10.1. The number of imide groups is 1. The second-order valence-electron chi connectivity index (χ2n) is 7.33. The van der Waals surface area contributed by atoms with E-state index in [2.05, 4.69) is 0 Å². The van der Waals surface area contributed by atoms with Gasteiger partial charge in [0, 0.05) is 34.9 Å². The first-order valence-electron chi connectivity index (χ1n) is 9.97. The van der Waals surface area contributed by atoms with Crippen LogP contribution in [0.3, 0.4) is 0 Å². The molecule has 1 aliphatic heterocycles. The largest absolute Gasteiger partial charge is 0.457 e. The van der Waals surface area contributed by atoms with Gasteiger partial charge in [-0.2, -0.15) is 0 Å². The Balaban J connectivity index is 1.47. The van der Waals surface area contributed by atoms with Gasteiger partial charge in [-0.15, -0.1) is 0 Å². The summed E-state index contributed by atoms with van der Waals surface area (Å²) in [4.78, 5) is 60.0. The summed E-state index contributed by atoms with van der Waals surface area (Å²) in [5.41, 5.74) is 1.30. The van der Waals surface area contributed by atoms with Gasteiger partial charge in [-0.3, -0.25) is 34.2 Å². The van der Waals surface area contributed by atoms with Crippen molar-refractivity contribution in [2.75, 3.05) is 6.54 Å². The molecule has 1 aromatic heterocycles. The number of carbonyl (C=O) groups excluding carboxylic acids is 4. The van der Waals surface area contributed by atoms with Gasteiger partial charge in [0.1, 0.15) is 11.5 Å². The van der Waals surface area contributed by atoms with E-state index in [4.69, 9.17) is 4.42 Å². The summed E-state index contributed by atoms with van der Waals surface area (Å²) >= 11 is 0.690. The quantitative estimate of drug-likeness (QED) is 0.202. The first-order chi connectivity index (χ1) is 16.2. The molecule has 9 nitrogen and oxygen atoms in total. The van der Waals surface area contributed by atoms with Gasteiger partial charge in [-0.1, -0.05) is 24.3 Å². The van der Waals surface area contributed by atoms with Crippen molar-refractivity contribution in [3.63, 3.8) is 0 Å². The molecule has 1 aliphatic rings. The minimum absolute atomic E-state index is 0.0468. The number of carbonyl (C=O) groups is 4. The van der Waals surface area contributed by atoms with E-state index < -0.39 is 28.4 Å². The molecule has 4 rings (SSSR count). The fourth-order valence-corrected chi connectivity index (χ4v) is 4.04. The average Bonchev–Trinajstić information content (AvgIpc) is 3.39. The van der Waals surface area contributed by atoms with E-state index in [1.807, 2.05) is 0 Å². The molecular formula is C24H16N2O7S. The van der Waals surface area contributed by atoms with Crippen LogP contribution in [-0.2, 0) is 4.79 Å². The Morgan fingerprint density at radius 2 is 1.65 bits per heavy atom. The molecule has 170 valence electrons. The van der Waals surface area contributed by atoms with E-state index in [-0.39, 0.29) is 21.9 Å². The van der Waals surface area contributed by atoms with Gasteiger partial charge >= 0.3 is 0 Å². The molecule has 0 aliphatic carbocycles. The predicted molar refractivity (Wildman–Crippen MR) is 124 cm³/mol. The number of non-ortho nitro benzene ring substituents is 1. The molecule has 0 bridgehead atoms. The van der Waals surface area contributed by atoms with E-state index in [9.17, 15) is 29.3 Å². The van der Waals surface area contributed by atoms with E-state index in [1.165, 1.54) is 37.3 Å². The number of benzene rings is 2. The van der Waals surface area contributed by atoms with Crippen LogP contribution in [0.1, 0.15) is 33.4 Å². The second-order valence-corrected chi connectivity index (χ2v) is 8.32. The van der Waals surface area contributed by atoms with E-state index >= 15 is 0 Å². The van der Waals surface area contributed by atoms with Crippen LogP contribution in [0.5, 0.6) is 0 Å². The number of rotatable bonds is 7. The number of ketones is 2. The minimum Gasteiger partial charge on any atom is -0.457 e. The zero-order chi connectivity index (χ0) is 24.4. The third-order valence-electron chi connectivity index (χ3n) is 5.05. The van der Waals surface area contributed by atoms with Crippen LogP contribution in [-0.4, -0.2) is 39.1 Å². The van der Waals surface area contributed by atoms with Crippen molar-refractivity contribution in [2.24, 2.45) is 0 Å². The molecule has 1 fully saturated rings. The summed E-state index contributed by atoms with van der Waals surface area (Å²) in [6.07, 6.45) is 1.43. The van der Waals surface area contributed by atoms with Gasteiger partial charge in [-0.05, 0) is 43.0 Å². The lowest BCUT2D eigenvalue weighted by Gasteiger charge is -2.11. The molecule has 2 heterocycles. The van der Waals surface area contributed by atoms with Crippen LogP contribution >= 0.6 is 11.8 Å². The number of Topliss-reactive ketones (excluding diaryl/α,β-unsaturated/α-hetero) is 2. The number of furan rings is 1. The summed E-state index contributed by atoms with van der Waals surface area (Å²) < 4.78 is 5.75. The molecule has 34 heavy (non-hydrogen) atoms. The molecule has 2 amide bonds. The lowest BCUT2D eigenvalue weighted by Crippen LogP contribution is -2.33. The minimum atomic E-state index is -0.631. The zero-order valence-corrected chi connectivity index (χ0v) is 18.5. The first kappa shape index (κ1) is 22.9. The van der Waals surface area contributed by atoms with Crippen LogP contribution in [0.25, 0.3) is 17.4 Å². The van der Waals surface area contributed by atoms with E-state index in [0.717, 1.165) is 10.5 Å². The zero-order valence-electron chi connectivity index (χ0n) is 17.7. The van der Waals surface area contributed by atoms with Gasteiger partial charge in [-0.25, -0.2) is 0 Å². The van der Waals surface area contributed by atoms with Gasteiger partial charge in [0.2, 0.25) is 0 Å². The molecule has 0 N–H and O–H groups in total. The standard InChI is InChI=1S/C24H16N2O7S/c1-14(27)15-2-4-17(5-3-15)21-11-10-19(33-21)12-22-23(29)25(24(30)34-22)13-20(28)16-6-8-18(9-7-16)26(31)32/h2-12H,13H2,1H3/b22-12+. The molecule has 0 atom stereocenters. The van der Waals surface area contributed by atoms with Crippen LogP contribution in [0.2, 0.25) is 0 Å². The molecule has 1 saturated heterocycles. The Bertz CT molecular complexity index is 1350. The Morgan fingerprint density at radius 3 is 2.26 bits per heavy atom. The van der Waals surface area contributed by atoms with Crippen LogP contribution in [0.4, 0.5) is 10.5 Å². The highest BCUT2D eigenvalue weighted by Gasteiger charge is 2.36. The Labute approximate surface area is 197 Å². The van der Waals surface area contributed by atoms with Crippen molar-refractivity contribution in [3.05, 3.63) is 92.6 Å². The summed E-state index contributed by atoms with van der Waals surface area (Å²) in [5.74, 6) is -0.331. The number of hydrogen-bond donors (Lipinski definition) is 0. The number of nitrogens with zero attached hydrogens (tertiary/aromatic N) is 2. The molecule has 3 aromatic rings. The molecule has 0 radical (unpaired) electrons. The van der Waals surface area contributed by atoms with Gasteiger partial charge in [0.15, 0.2) is 11.6 Å². The smallest absolute Gasteiger partial charge is 0.293 e. The maximum absolute atomic E-state index is 12.7. The van der Waals surface area contributed by atoms with Gasteiger partial charge in [0.05, 0.1) is 16.4 Å². The van der Waals surface area contributed by atoms with Crippen molar-refractivity contribution in [2.45, 2.75) is 6.92 Å². The Kier molecular flexibility index (Phi) is 6.24. The lowest BCUT2D eigenvalue weighted by molar-refractivity contribution is -0.384. The van der Waals surface area contributed by atoms with Crippen LogP contribution in [0, 0.1) is 10.1 Å². The number of amides is 2. The van der Waals surface area contributed by atoms with Crippen molar-refractivity contribution in [3.8, 4) is 11.3 Å². The Hall–Kier alpha value is -4.31. The number of thioether (sulfide) groups is 1. The van der Waals surface area contributed by atoms with E-state index in [1.54, 1.807) is 36.4 Å². The summed E-state index contributed by atoms with van der Waals surface area (Å²) in [6.45, 7) is 0.998. The number of nitro benzene ring substituents is 1. The molecule has 0 unspecified atom stereocenters. The SMILES string of the molecule is CC(=O)c1ccc(-c2ccc(/C=C3/SC(=O)N(CC(=O)c4ccc([N+](=O)[O-])cc4)C3=O)o2)cc1. The maximum Gasteiger partial charge on any atom is 0.293 e. The second kappa shape index (κ2) is 9.28. The first-order valence-corrected chi connectivity index (χ1v) is 10.8. The van der Waals surface area contributed by atoms with Crippen LogP contribution in [0.15, 0.2) is 70.0 Å². The molecule has 0 saturated carbocycles. The van der Waals surface area contributed by atoms with Crippen molar-refractivity contribution in [1.82, 2.24) is 4.90 Å². The average molecular weight is 476 g/mol. The normalized spacial score (nSPS) is 14.6. The summed E-state index contributed by atoms with van der Waals surface area (Å²) in [5, 5.41) is 10.1. The highest BCUT2D eigenvalue weighted by Crippen LogP contribution is 2.33. The molecule has 0 spiro atoms. The van der Waals surface area contributed by atoms with Gasteiger partial charge < -0.3 is 4.42 Å². The summed E-state index contributed by atoms with van der Waals surface area (Å²) in [7, 11) is 0. The summed E-state index contributed by atoms with van der Waals surface area (Å²) in [6, 6.07) is 15.1. The van der Waals surface area contributed by atoms with Crippen molar-refractivity contribution < 1.29 is 28.5 Å². The monoisotopic (exact) mass is 476 g/mol. The topological polar surface area (TPSA) is 128 Å². The predicted octanol–water partition coefficient (Wildman–Crippen LogP) is 4.98. The fraction of sp³-hybridized carbons (Fsp3) is 0.0833. The number of nitro groups is 1. The third kappa shape index (κ3) is 4.71. The molecular weight excluding hydrogens is 460 g/mol. The number of hydrogen-bond acceptors (Lipinski definition) is 8. The van der Waals surface area contributed by atoms with Gasteiger partial charge in [0.25, 0.3) is 16.8 Å². The van der Waals surface area contributed by atoms with E-state index in [0.29, 0.717) is 28.8 Å². The van der Waals surface area contributed by atoms with Crippen LogP contribution < -0.4 is 0 Å². The maximum atomic E-state index is 12.7. The van der Waals surface area contributed by atoms with Crippen molar-refractivity contribution >= 4 is 46.2 Å².